The van der Waals surface area contributed by atoms with Crippen molar-refractivity contribution in [2.45, 2.75) is 13.8 Å². The van der Waals surface area contributed by atoms with Gasteiger partial charge in [0.15, 0.2) is 0 Å². The number of ether oxygens (including phenoxy) is 1. The molecular weight excluding hydrogens is 334 g/mol. The molecule has 0 bridgehead atoms. The van der Waals surface area contributed by atoms with E-state index in [2.05, 4.69) is 5.32 Å². The number of nitrogens with one attached hydrogen (secondary N) is 1. The van der Waals surface area contributed by atoms with Crippen LogP contribution in [0.25, 0.3) is 0 Å². The first-order valence-electron chi connectivity index (χ1n) is 7.11. The highest BCUT2D eigenvalue weighted by molar-refractivity contribution is 7.16. The van der Waals surface area contributed by atoms with Crippen LogP contribution in [0.5, 0.6) is 0 Å². The van der Waals surface area contributed by atoms with E-state index < -0.39 is 23.1 Å². The molecule has 0 radical (unpaired) electrons. The van der Waals surface area contributed by atoms with E-state index in [0.29, 0.717) is 5.00 Å². The minimum atomic E-state index is -0.707. The quantitative estimate of drug-likeness (QED) is 0.825. The van der Waals surface area contributed by atoms with Gasteiger partial charge in [-0.25, -0.2) is 9.59 Å². The lowest BCUT2D eigenvalue weighted by molar-refractivity contribution is 0.0528. The van der Waals surface area contributed by atoms with E-state index in [9.17, 15) is 19.2 Å². The lowest BCUT2D eigenvalue weighted by Gasteiger charge is -2.08. The molecule has 9 heteroatoms. The minimum Gasteiger partial charge on any atom is -0.462 e. The van der Waals surface area contributed by atoms with Crippen molar-refractivity contribution in [3.05, 3.63) is 49.1 Å². The molecule has 0 atom stereocenters. The molecular formula is C15H17N3O5S. The summed E-state index contributed by atoms with van der Waals surface area (Å²) in [5.74, 6) is -1.25. The van der Waals surface area contributed by atoms with Crippen LogP contribution in [0, 0.1) is 6.92 Å². The Hall–Kier alpha value is -2.68. The number of hydrogen-bond donors (Lipinski definition) is 1. The Morgan fingerprint density at radius 2 is 1.92 bits per heavy atom. The van der Waals surface area contributed by atoms with Crippen LogP contribution in [0.3, 0.4) is 0 Å². The minimum absolute atomic E-state index is 0.194. The zero-order chi connectivity index (χ0) is 18.0. The number of hydrogen-bond acceptors (Lipinski definition) is 6. The Balaban J connectivity index is 2.40. The monoisotopic (exact) mass is 351 g/mol. The Bertz CT molecular complexity index is 922. The SMILES string of the molecule is CCOC(=O)c1cc(C)sc1NC(=O)c1cn(C)c(=O)n(C)c1=O. The van der Waals surface area contributed by atoms with Gasteiger partial charge in [0.1, 0.15) is 10.6 Å². The lowest BCUT2D eigenvalue weighted by Crippen LogP contribution is -2.40. The van der Waals surface area contributed by atoms with Crippen molar-refractivity contribution < 1.29 is 14.3 Å². The summed E-state index contributed by atoms with van der Waals surface area (Å²) in [6.07, 6.45) is 1.17. The molecule has 0 fully saturated rings. The summed E-state index contributed by atoms with van der Waals surface area (Å²) >= 11 is 1.20. The zero-order valence-corrected chi connectivity index (χ0v) is 14.5. The number of nitrogens with zero attached hydrogens (tertiary/aromatic N) is 2. The molecule has 1 amide bonds. The lowest BCUT2D eigenvalue weighted by atomic mass is 10.2. The van der Waals surface area contributed by atoms with Crippen LogP contribution in [-0.4, -0.2) is 27.6 Å². The van der Waals surface area contributed by atoms with E-state index in [1.165, 1.54) is 31.6 Å². The van der Waals surface area contributed by atoms with Gasteiger partial charge in [0.05, 0.1) is 12.2 Å². The first-order chi connectivity index (χ1) is 11.3. The number of esters is 1. The number of anilines is 1. The Morgan fingerprint density at radius 3 is 2.54 bits per heavy atom. The van der Waals surface area contributed by atoms with Crippen LogP contribution >= 0.6 is 11.3 Å². The Morgan fingerprint density at radius 1 is 1.25 bits per heavy atom. The molecule has 2 rings (SSSR count). The van der Waals surface area contributed by atoms with E-state index in [4.69, 9.17) is 4.74 Å². The van der Waals surface area contributed by atoms with Crippen molar-refractivity contribution in [1.82, 2.24) is 9.13 Å². The highest BCUT2D eigenvalue weighted by atomic mass is 32.1. The van der Waals surface area contributed by atoms with Crippen LogP contribution in [0.1, 0.15) is 32.5 Å². The average molecular weight is 351 g/mol. The fraction of sp³-hybridized carbons (Fsp3) is 0.333. The van der Waals surface area contributed by atoms with Gasteiger partial charge < -0.3 is 14.6 Å². The van der Waals surface area contributed by atoms with Crippen LogP contribution < -0.4 is 16.6 Å². The Labute approximate surface area is 141 Å². The second-order valence-electron chi connectivity index (χ2n) is 5.07. The van der Waals surface area contributed by atoms with Gasteiger partial charge in [-0.05, 0) is 19.9 Å². The van der Waals surface area contributed by atoms with Gasteiger partial charge in [0.25, 0.3) is 11.5 Å². The van der Waals surface area contributed by atoms with Gasteiger partial charge in [-0.1, -0.05) is 0 Å². The molecule has 0 aliphatic rings. The van der Waals surface area contributed by atoms with Crippen LogP contribution in [0.2, 0.25) is 0 Å². The number of amides is 1. The molecule has 2 aromatic heterocycles. The third-order valence-electron chi connectivity index (χ3n) is 3.27. The highest BCUT2D eigenvalue weighted by Crippen LogP contribution is 2.28. The van der Waals surface area contributed by atoms with Gasteiger partial charge in [0, 0.05) is 25.2 Å². The summed E-state index contributed by atoms with van der Waals surface area (Å²) in [4.78, 5) is 48.9. The molecule has 24 heavy (non-hydrogen) atoms. The smallest absolute Gasteiger partial charge is 0.341 e. The van der Waals surface area contributed by atoms with Gasteiger partial charge in [-0.2, -0.15) is 0 Å². The normalized spacial score (nSPS) is 10.5. The summed E-state index contributed by atoms with van der Waals surface area (Å²) in [6.45, 7) is 3.68. The zero-order valence-electron chi connectivity index (χ0n) is 13.7. The van der Waals surface area contributed by atoms with Crippen molar-refractivity contribution in [1.29, 1.82) is 0 Å². The number of aryl methyl sites for hydroxylation is 2. The van der Waals surface area contributed by atoms with Gasteiger partial charge in [-0.15, -0.1) is 11.3 Å². The molecule has 2 heterocycles. The first kappa shape index (κ1) is 17.7. The molecule has 8 nitrogen and oxygen atoms in total. The number of aromatic nitrogens is 2. The number of rotatable bonds is 4. The first-order valence-corrected chi connectivity index (χ1v) is 7.93. The summed E-state index contributed by atoms with van der Waals surface area (Å²) in [6, 6.07) is 1.61. The summed E-state index contributed by atoms with van der Waals surface area (Å²) in [7, 11) is 2.73. The van der Waals surface area contributed by atoms with Gasteiger partial charge in [0.2, 0.25) is 0 Å². The van der Waals surface area contributed by atoms with Crippen molar-refractivity contribution >= 4 is 28.2 Å². The second kappa shape index (κ2) is 6.83. The fourth-order valence-electron chi connectivity index (χ4n) is 2.10. The molecule has 1 N–H and O–H groups in total. The molecule has 0 spiro atoms. The van der Waals surface area contributed by atoms with Crippen molar-refractivity contribution in [2.75, 3.05) is 11.9 Å². The van der Waals surface area contributed by atoms with Crippen molar-refractivity contribution in [3.63, 3.8) is 0 Å². The molecule has 2 aromatic rings. The maximum absolute atomic E-state index is 12.4. The van der Waals surface area contributed by atoms with E-state index in [0.717, 1.165) is 14.0 Å². The van der Waals surface area contributed by atoms with Gasteiger partial charge in [-0.3, -0.25) is 14.2 Å². The van der Waals surface area contributed by atoms with E-state index in [1.54, 1.807) is 19.9 Å². The van der Waals surface area contributed by atoms with Gasteiger partial charge >= 0.3 is 11.7 Å². The van der Waals surface area contributed by atoms with Crippen LogP contribution in [-0.2, 0) is 18.8 Å². The number of carbonyl (C=O) groups is 2. The number of carbonyl (C=O) groups excluding carboxylic acids is 2. The molecule has 0 saturated carbocycles. The highest BCUT2D eigenvalue weighted by Gasteiger charge is 2.21. The number of thiophene rings is 1. The molecule has 0 aliphatic carbocycles. The fourth-order valence-corrected chi connectivity index (χ4v) is 3.00. The molecule has 0 saturated heterocycles. The third-order valence-corrected chi connectivity index (χ3v) is 4.23. The topological polar surface area (TPSA) is 99.4 Å². The molecule has 0 aliphatic heterocycles. The Kier molecular flexibility index (Phi) is 5.03. The van der Waals surface area contributed by atoms with E-state index in [1.807, 2.05) is 0 Å². The third kappa shape index (κ3) is 3.30. The molecule has 128 valence electrons. The maximum atomic E-state index is 12.4. The molecule has 0 aromatic carbocycles. The average Bonchev–Trinajstić information content (AvgIpc) is 2.89. The predicted octanol–water partition coefficient (Wildman–Crippen LogP) is 0.883. The predicted molar refractivity (Wildman–Crippen MR) is 89.9 cm³/mol. The largest absolute Gasteiger partial charge is 0.462 e. The maximum Gasteiger partial charge on any atom is 0.341 e. The van der Waals surface area contributed by atoms with E-state index >= 15 is 0 Å². The summed E-state index contributed by atoms with van der Waals surface area (Å²) in [5.41, 5.74) is -1.20. The molecule has 0 unspecified atom stereocenters. The summed E-state index contributed by atoms with van der Waals surface area (Å²) < 4.78 is 6.94. The second-order valence-corrected chi connectivity index (χ2v) is 6.33. The van der Waals surface area contributed by atoms with Crippen LogP contribution in [0.15, 0.2) is 21.9 Å². The standard InChI is InChI=1S/C15H17N3O5S/c1-5-23-14(21)9-6-8(2)24-12(9)16-11(19)10-7-17(3)15(22)18(4)13(10)20/h6-7H,5H2,1-4H3,(H,16,19). The van der Waals surface area contributed by atoms with E-state index in [-0.39, 0.29) is 17.7 Å². The summed E-state index contributed by atoms with van der Waals surface area (Å²) in [5, 5.41) is 2.85. The van der Waals surface area contributed by atoms with Crippen molar-refractivity contribution in [2.24, 2.45) is 14.1 Å². The van der Waals surface area contributed by atoms with Crippen LogP contribution in [0.4, 0.5) is 5.00 Å². The van der Waals surface area contributed by atoms with Crippen molar-refractivity contribution in [3.8, 4) is 0 Å².